The molecule has 3 aromatic rings. The number of nitrogens with zero attached hydrogens (tertiary/aromatic N) is 3. The highest BCUT2D eigenvalue weighted by Crippen LogP contribution is 2.26. The molecule has 0 bridgehead atoms. The zero-order valence-corrected chi connectivity index (χ0v) is 11.8. The smallest absolute Gasteiger partial charge is 0.162 e. The maximum Gasteiger partial charge on any atom is 0.162 e. The standard InChI is InChI=1S/C18H15N3/c1-13-6-8-14(9-7-13)16-10-19-18-17(11-20-21(18)12-16)15-4-2-3-5-15/h2,4-12H,3H2,1H3. The Hall–Kier alpha value is -2.68. The molecular weight excluding hydrogens is 258 g/mol. The number of allylic oxidation sites excluding steroid dienone is 4. The molecule has 1 aromatic carbocycles. The van der Waals surface area contributed by atoms with Crippen molar-refractivity contribution in [2.24, 2.45) is 0 Å². The second-order valence-electron chi connectivity index (χ2n) is 5.33. The zero-order chi connectivity index (χ0) is 14.2. The Balaban J connectivity index is 1.81. The molecule has 0 radical (unpaired) electrons. The van der Waals surface area contributed by atoms with E-state index < -0.39 is 0 Å². The lowest BCUT2D eigenvalue weighted by atomic mass is 10.1. The van der Waals surface area contributed by atoms with Crippen molar-refractivity contribution >= 4 is 11.2 Å². The fraction of sp³-hybridized carbons (Fsp3) is 0.111. The minimum Gasteiger partial charge on any atom is -0.236 e. The monoisotopic (exact) mass is 273 g/mol. The van der Waals surface area contributed by atoms with E-state index in [9.17, 15) is 0 Å². The molecular formula is C18H15N3. The van der Waals surface area contributed by atoms with Crippen LogP contribution in [0.3, 0.4) is 0 Å². The summed E-state index contributed by atoms with van der Waals surface area (Å²) in [6.07, 6.45) is 13.3. The summed E-state index contributed by atoms with van der Waals surface area (Å²) in [4.78, 5) is 4.61. The first-order valence-corrected chi connectivity index (χ1v) is 7.09. The number of aromatic nitrogens is 3. The first kappa shape index (κ1) is 12.1. The normalized spacial score (nSPS) is 13.9. The molecule has 0 spiro atoms. The highest BCUT2D eigenvalue weighted by atomic mass is 15.2. The summed E-state index contributed by atoms with van der Waals surface area (Å²) in [5.41, 5.74) is 6.71. The molecule has 21 heavy (non-hydrogen) atoms. The minimum absolute atomic E-state index is 0.906. The van der Waals surface area contributed by atoms with Crippen LogP contribution in [0, 0.1) is 6.92 Å². The fourth-order valence-electron chi connectivity index (χ4n) is 2.63. The van der Waals surface area contributed by atoms with Crippen molar-refractivity contribution in [3.8, 4) is 11.1 Å². The summed E-state index contributed by atoms with van der Waals surface area (Å²) in [6.45, 7) is 2.09. The van der Waals surface area contributed by atoms with E-state index in [1.807, 2.05) is 23.1 Å². The Morgan fingerprint density at radius 3 is 2.67 bits per heavy atom. The Kier molecular flexibility index (Phi) is 2.71. The third kappa shape index (κ3) is 2.07. The van der Waals surface area contributed by atoms with E-state index in [-0.39, 0.29) is 0 Å². The molecule has 102 valence electrons. The molecule has 3 heteroatoms. The summed E-state index contributed by atoms with van der Waals surface area (Å²) < 4.78 is 1.86. The van der Waals surface area contributed by atoms with Gasteiger partial charge in [-0.2, -0.15) is 5.10 Å². The molecule has 0 unspecified atom stereocenters. The van der Waals surface area contributed by atoms with Gasteiger partial charge in [0.05, 0.1) is 6.20 Å². The lowest BCUT2D eigenvalue weighted by Gasteiger charge is -2.03. The number of fused-ring (bicyclic) bond motifs is 1. The first-order chi connectivity index (χ1) is 10.3. The summed E-state index contributed by atoms with van der Waals surface area (Å²) in [5, 5.41) is 4.45. The molecule has 0 saturated heterocycles. The number of rotatable bonds is 2. The highest BCUT2D eigenvalue weighted by molar-refractivity contribution is 5.83. The van der Waals surface area contributed by atoms with Crippen LogP contribution >= 0.6 is 0 Å². The van der Waals surface area contributed by atoms with Crippen LogP contribution in [0.25, 0.3) is 22.3 Å². The minimum atomic E-state index is 0.906. The van der Waals surface area contributed by atoms with Crippen LogP contribution in [0.15, 0.2) is 61.1 Å². The third-order valence-electron chi connectivity index (χ3n) is 3.82. The molecule has 2 aromatic heterocycles. The Bertz CT molecular complexity index is 867. The van der Waals surface area contributed by atoms with Crippen molar-refractivity contribution in [2.45, 2.75) is 13.3 Å². The summed E-state index contributed by atoms with van der Waals surface area (Å²) in [6, 6.07) is 8.46. The van der Waals surface area contributed by atoms with E-state index in [4.69, 9.17) is 0 Å². The Morgan fingerprint density at radius 2 is 1.90 bits per heavy atom. The van der Waals surface area contributed by atoms with E-state index in [0.717, 1.165) is 28.8 Å². The van der Waals surface area contributed by atoms with Crippen LogP contribution < -0.4 is 0 Å². The van der Waals surface area contributed by atoms with Gasteiger partial charge in [-0.05, 0) is 24.5 Å². The molecule has 0 N–H and O–H groups in total. The number of aryl methyl sites for hydroxylation is 1. The van der Waals surface area contributed by atoms with Crippen LogP contribution in [-0.2, 0) is 0 Å². The van der Waals surface area contributed by atoms with Crippen molar-refractivity contribution < 1.29 is 0 Å². The second-order valence-corrected chi connectivity index (χ2v) is 5.33. The first-order valence-electron chi connectivity index (χ1n) is 7.09. The van der Waals surface area contributed by atoms with Crippen LogP contribution in [0.2, 0.25) is 0 Å². The Morgan fingerprint density at radius 1 is 1.05 bits per heavy atom. The van der Waals surface area contributed by atoms with Gasteiger partial charge in [-0.3, -0.25) is 0 Å². The quantitative estimate of drug-likeness (QED) is 0.705. The Labute approximate surface area is 123 Å². The van der Waals surface area contributed by atoms with Crippen LogP contribution in [0.5, 0.6) is 0 Å². The van der Waals surface area contributed by atoms with Crippen molar-refractivity contribution in [2.75, 3.05) is 0 Å². The van der Waals surface area contributed by atoms with E-state index in [1.54, 1.807) is 0 Å². The average Bonchev–Trinajstić information content (AvgIpc) is 3.16. The third-order valence-corrected chi connectivity index (χ3v) is 3.82. The second kappa shape index (κ2) is 4.70. The summed E-state index contributed by atoms with van der Waals surface area (Å²) >= 11 is 0. The van der Waals surface area contributed by atoms with E-state index in [2.05, 4.69) is 59.5 Å². The number of hydrogen-bond acceptors (Lipinski definition) is 2. The van der Waals surface area contributed by atoms with Gasteiger partial charge >= 0.3 is 0 Å². The molecule has 2 heterocycles. The van der Waals surface area contributed by atoms with Gasteiger partial charge in [0.1, 0.15) is 0 Å². The van der Waals surface area contributed by atoms with Gasteiger partial charge in [0.15, 0.2) is 5.65 Å². The van der Waals surface area contributed by atoms with Crippen LogP contribution in [0.1, 0.15) is 17.5 Å². The highest BCUT2D eigenvalue weighted by Gasteiger charge is 2.11. The van der Waals surface area contributed by atoms with Gasteiger partial charge in [-0.1, -0.05) is 48.1 Å². The lowest BCUT2D eigenvalue weighted by Crippen LogP contribution is -1.92. The van der Waals surface area contributed by atoms with E-state index in [0.29, 0.717) is 0 Å². The molecule has 0 amide bonds. The molecule has 0 saturated carbocycles. The van der Waals surface area contributed by atoms with Crippen molar-refractivity contribution in [3.63, 3.8) is 0 Å². The topological polar surface area (TPSA) is 30.2 Å². The molecule has 0 fully saturated rings. The maximum absolute atomic E-state index is 4.61. The molecule has 4 rings (SSSR count). The predicted molar refractivity (Wildman–Crippen MR) is 84.9 cm³/mol. The fourth-order valence-corrected chi connectivity index (χ4v) is 2.63. The summed E-state index contributed by atoms with van der Waals surface area (Å²) in [7, 11) is 0. The number of benzene rings is 1. The predicted octanol–water partition coefficient (Wildman–Crippen LogP) is 4.05. The molecule has 0 atom stereocenters. The van der Waals surface area contributed by atoms with Crippen molar-refractivity contribution in [1.82, 2.24) is 14.6 Å². The molecule has 3 nitrogen and oxygen atoms in total. The largest absolute Gasteiger partial charge is 0.236 e. The van der Waals surface area contributed by atoms with Crippen molar-refractivity contribution in [1.29, 1.82) is 0 Å². The molecule has 1 aliphatic carbocycles. The molecule has 1 aliphatic rings. The molecule has 0 aliphatic heterocycles. The van der Waals surface area contributed by atoms with Gasteiger partial charge in [0.25, 0.3) is 0 Å². The SMILES string of the molecule is Cc1ccc(-c2cnc3c(C4=CCC=C4)cnn3c2)cc1. The average molecular weight is 273 g/mol. The van der Waals surface area contributed by atoms with Gasteiger partial charge < -0.3 is 0 Å². The number of hydrogen-bond donors (Lipinski definition) is 0. The summed E-state index contributed by atoms with van der Waals surface area (Å²) in [5.74, 6) is 0. The van der Waals surface area contributed by atoms with Crippen LogP contribution in [-0.4, -0.2) is 14.6 Å². The zero-order valence-electron chi connectivity index (χ0n) is 11.8. The van der Waals surface area contributed by atoms with Gasteiger partial charge in [-0.15, -0.1) is 0 Å². The lowest BCUT2D eigenvalue weighted by molar-refractivity contribution is 0.941. The maximum atomic E-state index is 4.61. The van der Waals surface area contributed by atoms with Crippen molar-refractivity contribution in [3.05, 3.63) is 72.2 Å². The van der Waals surface area contributed by atoms with E-state index >= 15 is 0 Å². The van der Waals surface area contributed by atoms with Crippen LogP contribution in [0.4, 0.5) is 0 Å². The van der Waals surface area contributed by atoms with E-state index in [1.165, 1.54) is 11.1 Å². The van der Waals surface area contributed by atoms with Gasteiger partial charge in [-0.25, -0.2) is 9.50 Å². The van der Waals surface area contributed by atoms with Gasteiger partial charge in [0, 0.05) is 23.5 Å². The van der Waals surface area contributed by atoms with Gasteiger partial charge in [0.2, 0.25) is 0 Å².